The molecule has 160 valence electrons. The molecule has 30 heavy (non-hydrogen) atoms. The van der Waals surface area contributed by atoms with Gasteiger partial charge < -0.3 is 10.1 Å². The topological polar surface area (TPSA) is 58.6 Å². The Morgan fingerprint density at radius 1 is 1.07 bits per heavy atom. The molecule has 1 aliphatic rings. The Labute approximate surface area is 177 Å². The minimum atomic E-state index is -0.284. The summed E-state index contributed by atoms with van der Waals surface area (Å²) in [4.78, 5) is 27.2. The van der Waals surface area contributed by atoms with Crippen LogP contribution in [0.15, 0.2) is 42.5 Å². The molecule has 0 spiro atoms. The van der Waals surface area contributed by atoms with E-state index < -0.39 is 0 Å². The number of hydrogen-bond donors (Lipinski definition) is 1. The molecule has 1 unspecified atom stereocenters. The number of carbonyl (C=O) groups is 2. The highest BCUT2D eigenvalue weighted by Gasteiger charge is 2.23. The molecular weight excluding hydrogens is 383 g/mol. The molecule has 1 heterocycles. The third-order valence-corrected chi connectivity index (χ3v) is 5.51. The highest BCUT2D eigenvalue weighted by Crippen LogP contribution is 2.22. The van der Waals surface area contributed by atoms with Crippen molar-refractivity contribution < 1.29 is 18.7 Å². The Kier molecular flexibility index (Phi) is 7.71. The molecule has 0 saturated carbocycles. The van der Waals surface area contributed by atoms with Crippen molar-refractivity contribution in [3.05, 3.63) is 70.5 Å². The fraction of sp³-hybridized carbons (Fsp3) is 0.417. The first kappa shape index (κ1) is 22.1. The van der Waals surface area contributed by atoms with Crippen molar-refractivity contribution in [2.75, 3.05) is 32.8 Å². The average Bonchev–Trinajstić information content (AvgIpc) is 2.76. The maximum Gasteiger partial charge on any atom is 0.220 e. The first-order valence-electron chi connectivity index (χ1n) is 10.4. The number of nitrogens with zero attached hydrogens (tertiary/aromatic N) is 1. The van der Waals surface area contributed by atoms with E-state index in [-0.39, 0.29) is 36.4 Å². The largest absolute Gasteiger partial charge is 0.379 e. The molecular formula is C24H29FN2O3. The average molecular weight is 413 g/mol. The number of ether oxygens (including phenoxy) is 1. The van der Waals surface area contributed by atoms with Gasteiger partial charge in [-0.25, -0.2) is 4.39 Å². The maximum atomic E-state index is 13.3. The minimum absolute atomic E-state index is 0.0189. The van der Waals surface area contributed by atoms with Gasteiger partial charge in [0.1, 0.15) is 5.82 Å². The van der Waals surface area contributed by atoms with Gasteiger partial charge in [-0.15, -0.1) is 0 Å². The molecule has 0 aliphatic carbocycles. The molecule has 1 fully saturated rings. The molecule has 1 atom stereocenters. The third kappa shape index (κ3) is 5.97. The lowest BCUT2D eigenvalue weighted by Gasteiger charge is -2.35. The Balaban J connectivity index is 1.57. The number of ketones is 1. The second-order valence-corrected chi connectivity index (χ2v) is 7.76. The minimum Gasteiger partial charge on any atom is -0.379 e. The molecule has 0 radical (unpaired) electrons. The van der Waals surface area contributed by atoms with Crippen molar-refractivity contribution in [2.24, 2.45) is 0 Å². The highest BCUT2D eigenvalue weighted by molar-refractivity contribution is 5.99. The molecule has 2 aromatic carbocycles. The Hall–Kier alpha value is -2.57. The molecule has 0 aromatic heterocycles. The number of aryl methyl sites for hydroxylation is 2. The third-order valence-electron chi connectivity index (χ3n) is 5.51. The van der Waals surface area contributed by atoms with Gasteiger partial charge in [0.2, 0.25) is 5.91 Å². The van der Waals surface area contributed by atoms with Gasteiger partial charge in [-0.3, -0.25) is 14.5 Å². The number of amides is 1. The van der Waals surface area contributed by atoms with Crippen molar-refractivity contribution in [1.82, 2.24) is 10.2 Å². The number of rotatable bonds is 8. The first-order chi connectivity index (χ1) is 14.4. The van der Waals surface area contributed by atoms with Gasteiger partial charge in [0, 0.05) is 38.0 Å². The molecule has 1 saturated heterocycles. The van der Waals surface area contributed by atoms with Crippen LogP contribution in [0.5, 0.6) is 0 Å². The molecule has 1 aliphatic heterocycles. The van der Waals surface area contributed by atoms with Crippen molar-refractivity contribution >= 4 is 11.7 Å². The second kappa shape index (κ2) is 10.5. The number of morpholine rings is 1. The maximum absolute atomic E-state index is 13.3. The molecule has 5 nitrogen and oxygen atoms in total. The van der Waals surface area contributed by atoms with Gasteiger partial charge in [-0.1, -0.05) is 29.8 Å². The van der Waals surface area contributed by atoms with E-state index in [2.05, 4.69) is 10.2 Å². The highest BCUT2D eigenvalue weighted by atomic mass is 19.1. The van der Waals surface area contributed by atoms with Gasteiger partial charge in [-0.05, 0) is 43.2 Å². The lowest BCUT2D eigenvalue weighted by atomic mass is 9.99. The van der Waals surface area contributed by atoms with Crippen molar-refractivity contribution in [1.29, 1.82) is 0 Å². The fourth-order valence-electron chi connectivity index (χ4n) is 3.73. The number of Topliss-reactive ketones (excluding diaryl/α,β-unsaturated/α-hetero) is 1. The van der Waals surface area contributed by atoms with Crippen LogP contribution < -0.4 is 5.32 Å². The van der Waals surface area contributed by atoms with E-state index in [1.54, 1.807) is 12.1 Å². The van der Waals surface area contributed by atoms with Crippen LogP contribution in [0.3, 0.4) is 0 Å². The number of hydrogen-bond acceptors (Lipinski definition) is 4. The molecule has 6 heteroatoms. The predicted octanol–water partition coefficient (Wildman–Crippen LogP) is 3.60. The lowest BCUT2D eigenvalue weighted by molar-refractivity contribution is -0.121. The van der Waals surface area contributed by atoms with E-state index in [0.717, 1.165) is 29.8 Å². The molecule has 0 bridgehead atoms. The van der Waals surface area contributed by atoms with Crippen molar-refractivity contribution in [3.8, 4) is 0 Å². The smallest absolute Gasteiger partial charge is 0.220 e. The summed E-state index contributed by atoms with van der Waals surface area (Å²) in [5, 5.41) is 2.96. The zero-order chi connectivity index (χ0) is 21.5. The normalized spacial score (nSPS) is 15.6. The van der Waals surface area contributed by atoms with E-state index in [1.165, 1.54) is 12.1 Å². The van der Waals surface area contributed by atoms with Crippen LogP contribution in [0.4, 0.5) is 4.39 Å². The van der Waals surface area contributed by atoms with E-state index in [0.29, 0.717) is 25.3 Å². The van der Waals surface area contributed by atoms with Gasteiger partial charge in [0.25, 0.3) is 0 Å². The van der Waals surface area contributed by atoms with Crippen LogP contribution in [0.1, 0.15) is 45.9 Å². The summed E-state index contributed by atoms with van der Waals surface area (Å²) in [5.41, 5.74) is 3.58. The second-order valence-electron chi connectivity index (χ2n) is 7.76. The summed E-state index contributed by atoms with van der Waals surface area (Å²) < 4.78 is 18.8. The summed E-state index contributed by atoms with van der Waals surface area (Å²) >= 11 is 0. The summed E-state index contributed by atoms with van der Waals surface area (Å²) in [7, 11) is 0. The quantitative estimate of drug-likeness (QED) is 0.673. The number of halogens is 1. The van der Waals surface area contributed by atoms with Crippen molar-refractivity contribution in [2.45, 2.75) is 32.7 Å². The van der Waals surface area contributed by atoms with Gasteiger partial charge in [-0.2, -0.15) is 0 Å². The van der Waals surface area contributed by atoms with Crippen LogP contribution >= 0.6 is 0 Å². The molecule has 2 aromatic rings. The Morgan fingerprint density at radius 3 is 2.47 bits per heavy atom. The summed E-state index contributed by atoms with van der Waals surface area (Å²) in [6, 6.07) is 12.1. The molecule has 1 N–H and O–H groups in total. The Morgan fingerprint density at radius 2 is 1.77 bits per heavy atom. The molecule has 1 amide bonds. The first-order valence-corrected chi connectivity index (χ1v) is 10.4. The van der Waals surface area contributed by atoms with E-state index >= 15 is 0 Å². The summed E-state index contributed by atoms with van der Waals surface area (Å²) in [5.74, 6) is -0.461. The van der Waals surface area contributed by atoms with E-state index in [9.17, 15) is 14.0 Å². The monoisotopic (exact) mass is 412 g/mol. The van der Waals surface area contributed by atoms with Gasteiger partial charge in [0.15, 0.2) is 5.78 Å². The lowest BCUT2D eigenvalue weighted by Crippen LogP contribution is -2.43. The number of benzene rings is 2. The van der Waals surface area contributed by atoms with Crippen molar-refractivity contribution in [3.63, 3.8) is 0 Å². The summed E-state index contributed by atoms with van der Waals surface area (Å²) in [6.45, 7) is 7.03. The van der Waals surface area contributed by atoms with E-state index in [1.807, 2.05) is 32.0 Å². The fourth-order valence-corrected chi connectivity index (χ4v) is 3.73. The summed E-state index contributed by atoms with van der Waals surface area (Å²) in [6.07, 6.45) is 0.320. The standard InChI is InChI=1S/C24H29FN2O3/c1-17-3-4-18(2)21(15-17)23(28)9-10-24(29)26-16-22(27-11-13-30-14-12-27)19-5-7-20(25)8-6-19/h3-8,15,22H,9-14,16H2,1-2H3,(H,26,29). The number of carbonyl (C=O) groups excluding carboxylic acids is 2. The Bertz CT molecular complexity index is 877. The van der Waals surface area contributed by atoms with Gasteiger partial charge >= 0.3 is 0 Å². The van der Waals surface area contributed by atoms with Crippen LogP contribution in [0, 0.1) is 19.7 Å². The van der Waals surface area contributed by atoms with Crippen LogP contribution in [-0.2, 0) is 9.53 Å². The van der Waals surface area contributed by atoms with Crippen LogP contribution in [0.25, 0.3) is 0 Å². The van der Waals surface area contributed by atoms with Crippen LogP contribution in [0.2, 0.25) is 0 Å². The van der Waals surface area contributed by atoms with Gasteiger partial charge in [0.05, 0.1) is 19.3 Å². The SMILES string of the molecule is Cc1ccc(C)c(C(=O)CCC(=O)NCC(c2ccc(F)cc2)N2CCOCC2)c1. The number of nitrogens with one attached hydrogen (secondary N) is 1. The molecule has 3 rings (SSSR count). The van der Waals surface area contributed by atoms with Crippen LogP contribution in [-0.4, -0.2) is 49.4 Å². The van der Waals surface area contributed by atoms with E-state index in [4.69, 9.17) is 4.74 Å². The zero-order valence-electron chi connectivity index (χ0n) is 17.6. The predicted molar refractivity (Wildman–Crippen MR) is 114 cm³/mol. The zero-order valence-corrected chi connectivity index (χ0v) is 17.6.